The first-order valence-electron chi connectivity index (χ1n) is 9.84. The summed E-state index contributed by atoms with van der Waals surface area (Å²) in [6, 6.07) is 17.7. The van der Waals surface area contributed by atoms with E-state index in [0.717, 1.165) is 30.7 Å². The van der Waals surface area contributed by atoms with Gasteiger partial charge < -0.3 is 15.0 Å². The SMILES string of the molecule is COc1ccc(CCNc2nccc(C(=O)N3CCCc4ccccc43)n2)cc1. The molecule has 0 unspecified atom stereocenters. The van der Waals surface area contributed by atoms with Crippen molar-refractivity contribution in [3.05, 3.63) is 77.6 Å². The number of aromatic nitrogens is 2. The molecule has 2 heterocycles. The predicted molar refractivity (Wildman–Crippen MR) is 114 cm³/mol. The van der Waals surface area contributed by atoms with Gasteiger partial charge >= 0.3 is 0 Å². The predicted octanol–water partition coefficient (Wildman–Crippen LogP) is 3.73. The van der Waals surface area contributed by atoms with E-state index in [1.165, 1.54) is 11.1 Å². The molecule has 1 aromatic heterocycles. The quantitative estimate of drug-likeness (QED) is 0.697. The molecule has 0 bridgehead atoms. The van der Waals surface area contributed by atoms with Gasteiger partial charge in [-0.25, -0.2) is 9.97 Å². The van der Waals surface area contributed by atoms with Crippen molar-refractivity contribution in [2.75, 3.05) is 30.4 Å². The van der Waals surface area contributed by atoms with Crippen molar-refractivity contribution in [1.82, 2.24) is 9.97 Å². The second-order valence-electron chi connectivity index (χ2n) is 6.98. The molecule has 2 aromatic carbocycles. The van der Waals surface area contributed by atoms with Crippen LogP contribution in [0.2, 0.25) is 0 Å². The maximum absolute atomic E-state index is 13.1. The molecule has 4 rings (SSSR count). The van der Waals surface area contributed by atoms with Crippen molar-refractivity contribution in [3.63, 3.8) is 0 Å². The number of fused-ring (bicyclic) bond motifs is 1. The number of carbonyl (C=O) groups is 1. The monoisotopic (exact) mass is 388 g/mol. The number of nitrogens with zero attached hydrogens (tertiary/aromatic N) is 3. The molecule has 6 heteroatoms. The zero-order chi connectivity index (χ0) is 20.1. The van der Waals surface area contributed by atoms with Crippen LogP contribution in [-0.4, -0.2) is 36.1 Å². The summed E-state index contributed by atoms with van der Waals surface area (Å²) in [6.07, 6.45) is 4.42. The number of anilines is 2. The summed E-state index contributed by atoms with van der Waals surface area (Å²) in [4.78, 5) is 23.6. The third-order valence-electron chi connectivity index (χ3n) is 5.09. The molecule has 1 aliphatic heterocycles. The molecule has 0 fully saturated rings. The molecular formula is C23H24N4O2. The van der Waals surface area contributed by atoms with Crippen molar-refractivity contribution in [2.24, 2.45) is 0 Å². The van der Waals surface area contributed by atoms with Gasteiger partial charge in [0.15, 0.2) is 0 Å². The van der Waals surface area contributed by atoms with Crippen molar-refractivity contribution in [1.29, 1.82) is 0 Å². The Morgan fingerprint density at radius 2 is 1.97 bits per heavy atom. The molecule has 0 saturated carbocycles. The van der Waals surface area contributed by atoms with E-state index < -0.39 is 0 Å². The standard InChI is InChI=1S/C23H24N4O2/c1-29-19-10-8-17(9-11-19)12-14-24-23-25-15-13-20(26-23)22(28)27-16-4-6-18-5-2-3-7-21(18)27/h2-3,5,7-11,13,15H,4,6,12,14,16H2,1H3,(H,24,25,26). The summed E-state index contributed by atoms with van der Waals surface area (Å²) < 4.78 is 5.18. The highest BCUT2D eigenvalue weighted by Crippen LogP contribution is 2.27. The number of para-hydroxylation sites is 1. The molecule has 1 aliphatic rings. The highest BCUT2D eigenvalue weighted by molar-refractivity contribution is 6.05. The number of methoxy groups -OCH3 is 1. The van der Waals surface area contributed by atoms with Crippen LogP contribution in [0.5, 0.6) is 5.75 Å². The molecule has 0 saturated heterocycles. The van der Waals surface area contributed by atoms with Gasteiger partial charge in [0.25, 0.3) is 5.91 Å². The van der Waals surface area contributed by atoms with Crippen LogP contribution in [-0.2, 0) is 12.8 Å². The fourth-order valence-corrected chi connectivity index (χ4v) is 3.56. The van der Waals surface area contributed by atoms with Crippen molar-refractivity contribution in [3.8, 4) is 5.75 Å². The molecule has 1 N–H and O–H groups in total. The highest BCUT2D eigenvalue weighted by Gasteiger charge is 2.24. The van der Waals surface area contributed by atoms with Crippen molar-refractivity contribution < 1.29 is 9.53 Å². The van der Waals surface area contributed by atoms with Gasteiger partial charge in [0.05, 0.1) is 7.11 Å². The number of hydrogen-bond donors (Lipinski definition) is 1. The van der Waals surface area contributed by atoms with Gasteiger partial charge in [-0.15, -0.1) is 0 Å². The summed E-state index contributed by atoms with van der Waals surface area (Å²) in [6.45, 7) is 1.39. The number of hydrogen-bond acceptors (Lipinski definition) is 5. The van der Waals surface area contributed by atoms with Crippen LogP contribution in [0.4, 0.5) is 11.6 Å². The van der Waals surface area contributed by atoms with Gasteiger partial charge in [0.1, 0.15) is 11.4 Å². The van der Waals surface area contributed by atoms with Crippen LogP contribution < -0.4 is 15.0 Å². The molecule has 3 aromatic rings. The summed E-state index contributed by atoms with van der Waals surface area (Å²) in [7, 11) is 1.66. The van der Waals surface area contributed by atoms with Gasteiger partial charge in [-0.05, 0) is 54.7 Å². The van der Waals surface area contributed by atoms with Gasteiger partial charge in [-0.1, -0.05) is 30.3 Å². The summed E-state index contributed by atoms with van der Waals surface area (Å²) in [5, 5.41) is 3.21. The Kier molecular flexibility index (Phi) is 5.70. The number of amides is 1. The Balaban J connectivity index is 1.41. The lowest BCUT2D eigenvalue weighted by molar-refractivity contribution is 0.0980. The molecule has 0 aliphatic carbocycles. The fraction of sp³-hybridized carbons (Fsp3) is 0.261. The van der Waals surface area contributed by atoms with Gasteiger partial charge in [0.2, 0.25) is 5.95 Å². The van der Waals surface area contributed by atoms with Gasteiger partial charge in [0, 0.05) is 25.0 Å². The number of carbonyl (C=O) groups excluding carboxylic acids is 1. The molecule has 1 amide bonds. The zero-order valence-corrected chi connectivity index (χ0v) is 16.5. The first kappa shape index (κ1) is 18.9. The Bertz CT molecular complexity index is 988. The number of rotatable bonds is 6. The van der Waals surface area contributed by atoms with Crippen LogP contribution in [0.3, 0.4) is 0 Å². The van der Waals surface area contributed by atoms with Crippen LogP contribution >= 0.6 is 0 Å². The largest absolute Gasteiger partial charge is 0.497 e. The Morgan fingerprint density at radius 3 is 2.79 bits per heavy atom. The zero-order valence-electron chi connectivity index (χ0n) is 16.5. The topological polar surface area (TPSA) is 67.3 Å². The molecule has 6 nitrogen and oxygen atoms in total. The second-order valence-corrected chi connectivity index (χ2v) is 6.98. The van der Waals surface area contributed by atoms with Crippen LogP contribution in [0.25, 0.3) is 0 Å². The molecule has 0 spiro atoms. The highest BCUT2D eigenvalue weighted by atomic mass is 16.5. The molecular weight excluding hydrogens is 364 g/mol. The molecule has 0 radical (unpaired) electrons. The van der Waals surface area contributed by atoms with Crippen LogP contribution in [0, 0.1) is 0 Å². The Morgan fingerprint density at radius 1 is 1.14 bits per heavy atom. The van der Waals surface area contributed by atoms with Crippen LogP contribution in [0.15, 0.2) is 60.8 Å². The van der Waals surface area contributed by atoms with E-state index >= 15 is 0 Å². The average Bonchev–Trinajstić information content (AvgIpc) is 2.79. The lowest BCUT2D eigenvalue weighted by Crippen LogP contribution is -2.36. The third-order valence-corrected chi connectivity index (χ3v) is 5.09. The summed E-state index contributed by atoms with van der Waals surface area (Å²) in [5.74, 6) is 1.22. The van der Waals surface area contributed by atoms with E-state index in [-0.39, 0.29) is 5.91 Å². The lowest BCUT2D eigenvalue weighted by Gasteiger charge is -2.29. The maximum atomic E-state index is 13.1. The molecule has 0 atom stereocenters. The van der Waals surface area contributed by atoms with Crippen molar-refractivity contribution >= 4 is 17.5 Å². The maximum Gasteiger partial charge on any atom is 0.277 e. The summed E-state index contributed by atoms with van der Waals surface area (Å²) in [5.41, 5.74) is 3.79. The number of aryl methyl sites for hydroxylation is 1. The van der Waals surface area contributed by atoms with E-state index in [9.17, 15) is 4.79 Å². The number of benzene rings is 2. The third kappa shape index (κ3) is 4.37. The summed E-state index contributed by atoms with van der Waals surface area (Å²) >= 11 is 0. The first-order valence-corrected chi connectivity index (χ1v) is 9.84. The smallest absolute Gasteiger partial charge is 0.277 e. The normalized spacial score (nSPS) is 12.9. The Hall–Kier alpha value is -3.41. The molecule has 148 valence electrons. The van der Waals surface area contributed by atoms with Crippen molar-refractivity contribution in [2.45, 2.75) is 19.3 Å². The second kappa shape index (κ2) is 8.73. The Labute approximate surface area is 170 Å². The molecule has 29 heavy (non-hydrogen) atoms. The fourth-order valence-electron chi connectivity index (χ4n) is 3.56. The van der Waals surface area contributed by atoms with Gasteiger partial charge in [-0.3, -0.25) is 4.79 Å². The first-order chi connectivity index (χ1) is 14.2. The van der Waals surface area contributed by atoms with E-state index in [2.05, 4.69) is 21.4 Å². The minimum Gasteiger partial charge on any atom is -0.497 e. The van der Waals surface area contributed by atoms with E-state index in [0.29, 0.717) is 24.7 Å². The number of nitrogens with one attached hydrogen (secondary N) is 1. The number of ether oxygens (including phenoxy) is 1. The minimum atomic E-state index is -0.0854. The van der Waals surface area contributed by atoms with E-state index in [1.807, 2.05) is 47.4 Å². The average molecular weight is 388 g/mol. The minimum absolute atomic E-state index is 0.0854. The lowest BCUT2D eigenvalue weighted by atomic mass is 10.0. The van der Waals surface area contributed by atoms with E-state index in [4.69, 9.17) is 4.74 Å². The van der Waals surface area contributed by atoms with Gasteiger partial charge in [-0.2, -0.15) is 0 Å². The van der Waals surface area contributed by atoms with E-state index in [1.54, 1.807) is 19.4 Å². The van der Waals surface area contributed by atoms with Crippen LogP contribution in [0.1, 0.15) is 28.0 Å².